The van der Waals surface area contributed by atoms with E-state index < -0.39 is 6.10 Å². The number of fused-ring (bicyclic) bond motifs is 1. The van der Waals surface area contributed by atoms with Crippen LogP contribution in [-0.4, -0.2) is 30.5 Å². The number of nitrogens with one attached hydrogen (secondary N) is 1. The van der Waals surface area contributed by atoms with E-state index >= 15 is 0 Å². The van der Waals surface area contributed by atoms with Gasteiger partial charge >= 0.3 is 0 Å². The molecular weight excluding hydrogens is 234 g/mol. The van der Waals surface area contributed by atoms with Crippen molar-refractivity contribution in [2.24, 2.45) is 5.92 Å². The van der Waals surface area contributed by atoms with E-state index in [-0.39, 0.29) is 25.2 Å². The van der Waals surface area contributed by atoms with Gasteiger partial charge in [-0.15, -0.1) is 0 Å². The quantitative estimate of drug-likeness (QED) is 0.842. The molecule has 0 bridgehead atoms. The van der Waals surface area contributed by atoms with Crippen molar-refractivity contribution in [3.8, 4) is 11.5 Å². The molecule has 98 valence electrons. The van der Waals surface area contributed by atoms with Gasteiger partial charge in [0.15, 0.2) is 11.5 Å². The highest BCUT2D eigenvalue weighted by molar-refractivity contribution is 5.94. The van der Waals surface area contributed by atoms with Crippen LogP contribution < -0.4 is 14.8 Å². The molecule has 0 saturated carbocycles. The van der Waals surface area contributed by atoms with Crippen LogP contribution in [0.15, 0.2) is 18.2 Å². The van der Waals surface area contributed by atoms with Crippen molar-refractivity contribution < 1.29 is 19.4 Å². The molecule has 0 spiro atoms. The van der Waals surface area contributed by atoms with Gasteiger partial charge < -0.3 is 19.9 Å². The van der Waals surface area contributed by atoms with Crippen LogP contribution in [0.5, 0.6) is 11.5 Å². The first-order valence-corrected chi connectivity index (χ1v) is 5.94. The predicted octanol–water partition coefficient (Wildman–Crippen LogP) is 1.16. The zero-order valence-electron chi connectivity index (χ0n) is 10.5. The van der Waals surface area contributed by atoms with Gasteiger partial charge in [0, 0.05) is 12.1 Å². The van der Waals surface area contributed by atoms with E-state index in [1.54, 1.807) is 18.2 Å². The number of carbonyl (C=O) groups excluding carboxylic acids is 1. The van der Waals surface area contributed by atoms with Gasteiger partial charge in [-0.1, -0.05) is 13.8 Å². The first kappa shape index (κ1) is 12.7. The molecule has 0 aliphatic carbocycles. The molecule has 1 amide bonds. The van der Waals surface area contributed by atoms with Crippen molar-refractivity contribution in [1.29, 1.82) is 0 Å². The number of hydrogen-bond donors (Lipinski definition) is 2. The molecule has 0 radical (unpaired) electrons. The normalized spacial score (nSPS) is 14.7. The van der Waals surface area contributed by atoms with Crippen molar-refractivity contribution in [3.63, 3.8) is 0 Å². The van der Waals surface area contributed by atoms with Gasteiger partial charge in [0.1, 0.15) is 0 Å². The second-order valence-corrected chi connectivity index (χ2v) is 4.59. The summed E-state index contributed by atoms with van der Waals surface area (Å²) in [7, 11) is 0. The molecule has 1 aliphatic heterocycles. The minimum absolute atomic E-state index is 0.113. The minimum Gasteiger partial charge on any atom is -0.454 e. The molecule has 5 nitrogen and oxygen atoms in total. The summed E-state index contributed by atoms with van der Waals surface area (Å²) < 4.78 is 10.4. The Morgan fingerprint density at radius 1 is 1.39 bits per heavy atom. The summed E-state index contributed by atoms with van der Waals surface area (Å²) in [6.45, 7) is 4.23. The maximum atomic E-state index is 11.9. The summed E-state index contributed by atoms with van der Waals surface area (Å²) >= 11 is 0. The molecule has 18 heavy (non-hydrogen) atoms. The zero-order valence-corrected chi connectivity index (χ0v) is 10.5. The van der Waals surface area contributed by atoms with E-state index in [0.717, 1.165) is 0 Å². The highest BCUT2D eigenvalue weighted by Crippen LogP contribution is 2.32. The summed E-state index contributed by atoms with van der Waals surface area (Å²) in [6, 6.07) is 5.01. The summed E-state index contributed by atoms with van der Waals surface area (Å²) in [5, 5.41) is 12.3. The number of rotatable bonds is 4. The van der Waals surface area contributed by atoms with Gasteiger partial charge in [-0.25, -0.2) is 0 Å². The van der Waals surface area contributed by atoms with Crippen molar-refractivity contribution in [2.45, 2.75) is 20.0 Å². The highest BCUT2D eigenvalue weighted by Gasteiger charge is 2.17. The van der Waals surface area contributed by atoms with E-state index in [9.17, 15) is 9.90 Å². The van der Waals surface area contributed by atoms with Crippen LogP contribution in [0.2, 0.25) is 0 Å². The molecule has 5 heteroatoms. The fraction of sp³-hybridized carbons (Fsp3) is 0.462. The van der Waals surface area contributed by atoms with Crippen LogP contribution >= 0.6 is 0 Å². The Morgan fingerprint density at radius 3 is 2.83 bits per heavy atom. The molecule has 1 aliphatic rings. The largest absolute Gasteiger partial charge is 0.454 e. The molecule has 0 aromatic heterocycles. The first-order valence-electron chi connectivity index (χ1n) is 5.94. The number of aliphatic hydroxyl groups excluding tert-OH is 1. The number of ether oxygens (including phenoxy) is 2. The summed E-state index contributed by atoms with van der Waals surface area (Å²) in [4.78, 5) is 11.9. The monoisotopic (exact) mass is 251 g/mol. The lowest BCUT2D eigenvalue weighted by atomic mass is 10.1. The molecule has 2 N–H and O–H groups in total. The topological polar surface area (TPSA) is 67.8 Å². The Balaban J connectivity index is 1.97. The molecule has 0 saturated heterocycles. The van der Waals surface area contributed by atoms with Crippen molar-refractivity contribution in [1.82, 2.24) is 5.32 Å². The van der Waals surface area contributed by atoms with Gasteiger partial charge in [0.25, 0.3) is 5.91 Å². The van der Waals surface area contributed by atoms with E-state index in [4.69, 9.17) is 9.47 Å². The van der Waals surface area contributed by atoms with Crippen molar-refractivity contribution in [3.05, 3.63) is 23.8 Å². The van der Waals surface area contributed by atoms with Gasteiger partial charge in [-0.05, 0) is 24.1 Å². The lowest BCUT2D eigenvalue weighted by molar-refractivity contribution is 0.0871. The fourth-order valence-electron chi connectivity index (χ4n) is 1.57. The third kappa shape index (κ3) is 2.73. The number of carbonyl (C=O) groups is 1. The highest BCUT2D eigenvalue weighted by atomic mass is 16.7. The van der Waals surface area contributed by atoms with Crippen molar-refractivity contribution in [2.75, 3.05) is 13.3 Å². The molecule has 1 atom stereocenters. The average Bonchev–Trinajstić information content (AvgIpc) is 2.82. The first-order chi connectivity index (χ1) is 8.58. The Hall–Kier alpha value is -1.75. The minimum atomic E-state index is -0.539. The van der Waals surface area contributed by atoms with E-state index in [1.807, 2.05) is 13.8 Å². The molecular formula is C13H17NO4. The number of benzene rings is 1. The lowest BCUT2D eigenvalue weighted by Crippen LogP contribution is -2.34. The molecule has 2 rings (SSSR count). The van der Waals surface area contributed by atoms with Gasteiger partial charge in [-0.2, -0.15) is 0 Å². The molecule has 1 heterocycles. The standard InChI is InChI=1S/C13H17NO4/c1-8(2)10(15)6-14-13(16)9-3-4-11-12(5-9)18-7-17-11/h3-5,8,10,15H,6-7H2,1-2H3,(H,14,16). The van der Waals surface area contributed by atoms with E-state index in [0.29, 0.717) is 17.1 Å². The molecule has 0 fully saturated rings. The van der Waals surface area contributed by atoms with Crippen LogP contribution in [0.3, 0.4) is 0 Å². The number of aliphatic hydroxyl groups is 1. The molecule has 1 aromatic carbocycles. The Labute approximate surface area is 106 Å². The summed E-state index contributed by atoms with van der Waals surface area (Å²) in [5.41, 5.74) is 0.496. The van der Waals surface area contributed by atoms with Gasteiger partial charge in [-0.3, -0.25) is 4.79 Å². The summed E-state index contributed by atoms with van der Waals surface area (Å²) in [6.07, 6.45) is -0.539. The fourth-order valence-corrected chi connectivity index (χ4v) is 1.57. The number of amides is 1. The van der Waals surface area contributed by atoms with E-state index in [1.165, 1.54) is 0 Å². The lowest BCUT2D eigenvalue weighted by Gasteiger charge is -2.15. The van der Waals surface area contributed by atoms with Gasteiger partial charge in [0.05, 0.1) is 6.10 Å². The van der Waals surface area contributed by atoms with Crippen LogP contribution in [0.25, 0.3) is 0 Å². The van der Waals surface area contributed by atoms with Crippen LogP contribution in [0.1, 0.15) is 24.2 Å². The van der Waals surface area contributed by atoms with Crippen LogP contribution in [0.4, 0.5) is 0 Å². The summed E-state index contributed by atoms with van der Waals surface area (Å²) in [5.74, 6) is 1.11. The van der Waals surface area contributed by atoms with Gasteiger partial charge in [0.2, 0.25) is 6.79 Å². The zero-order chi connectivity index (χ0) is 13.1. The Morgan fingerprint density at radius 2 is 2.11 bits per heavy atom. The maximum Gasteiger partial charge on any atom is 0.251 e. The molecule has 1 unspecified atom stereocenters. The maximum absolute atomic E-state index is 11.9. The SMILES string of the molecule is CC(C)C(O)CNC(=O)c1ccc2c(c1)OCO2. The van der Waals surface area contributed by atoms with Crippen LogP contribution in [-0.2, 0) is 0 Å². The number of hydrogen-bond acceptors (Lipinski definition) is 4. The third-order valence-electron chi connectivity index (χ3n) is 2.88. The molecule has 1 aromatic rings. The smallest absolute Gasteiger partial charge is 0.251 e. The second-order valence-electron chi connectivity index (χ2n) is 4.59. The Bertz CT molecular complexity index is 445. The predicted molar refractivity (Wildman–Crippen MR) is 65.7 cm³/mol. The van der Waals surface area contributed by atoms with E-state index in [2.05, 4.69) is 5.32 Å². The second kappa shape index (κ2) is 5.27. The average molecular weight is 251 g/mol. The Kier molecular flexibility index (Phi) is 3.72. The van der Waals surface area contributed by atoms with Crippen LogP contribution in [0, 0.1) is 5.92 Å². The van der Waals surface area contributed by atoms with Crippen molar-refractivity contribution >= 4 is 5.91 Å². The third-order valence-corrected chi connectivity index (χ3v) is 2.88.